The van der Waals surface area contributed by atoms with Crippen LogP contribution >= 0.6 is 0 Å². The van der Waals surface area contributed by atoms with Crippen molar-refractivity contribution < 1.29 is 22.7 Å². The van der Waals surface area contributed by atoms with Crippen molar-refractivity contribution in [2.24, 2.45) is 0 Å². The van der Waals surface area contributed by atoms with Gasteiger partial charge in [0.05, 0.1) is 12.7 Å². The number of nitrogens with one attached hydrogen (secondary N) is 1. The molecule has 1 fully saturated rings. The third-order valence-corrected chi connectivity index (χ3v) is 3.98. The standard InChI is InChI=1S/C16H17F3N4O2/c17-16(18,19)14-7-13(21-22-14)15(24)23-6-2-4-12(9-23)25-10-11-3-1-5-20-8-11/h1,3,5,7-8,12H,2,4,6,9-10H2,(H,21,22)/t12-/m1/s1. The Morgan fingerprint density at radius 1 is 1.44 bits per heavy atom. The van der Waals surface area contributed by atoms with Gasteiger partial charge in [-0.1, -0.05) is 6.07 Å². The van der Waals surface area contributed by atoms with Gasteiger partial charge in [-0.2, -0.15) is 18.3 Å². The molecule has 2 aromatic rings. The van der Waals surface area contributed by atoms with E-state index in [1.165, 1.54) is 4.90 Å². The molecule has 0 radical (unpaired) electrons. The average molecular weight is 354 g/mol. The Morgan fingerprint density at radius 3 is 2.96 bits per heavy atom. The molecule has 0 aliphatic carbocycles. The van der Waals surface area contributed by atoms with E-state index >= 15 is 0 Å². The van der Waals surface area contributed by atoms with Crippen molar-refractivity contribution in [3.8, 4) is 0 Å². The second-order valence-electron chi connectivity index (χ2n) is 5.85. The number of hydrogen-bond acceptors (Lipinski definition) is 4. The number of nitrogens with zero attached hydrogens (tertiary/aromatic N) is 3. The highest BCUT2D eigenvalue weighted by Gasteiger charge is 2.35. The van der Waals surface area contributed by atoms with Crippen molar-refractivity contribution in [2.75, 3.05) is 13.1 Å². The van der Waals surface area contributed by atoms with Crippen LogP contribution in [0.15, 0.2) is 30.6 Å². The number of H-pyrrole nitrogens is 1. The van der Waals surface area contributed by atoms with Gasteiger partial charge < -0.3 is 9.64 Å². The Kier molecular flexibility index (Phi) is 5.03. The van der Waals surface area contributed by atoms with Crippen LogP contribution in [0.1, 0.15) is 34.6 Å². The van der Waals surface area contributed by atoms with Gasteiger partial charge in [-0.15, -0.1) is 0 Å². The highest BCUT2D eigenvalue weighted by molar-refractivity contribution is 5.92. The van der Waals surface area contributed by atoms with E-state index in [9.17, 15) is 18.0 Å². The van der Waals surface area contributed by atoms with Crippen molar-refractivity contribution >= 4 is 5.91 Å². The van der Waals surface area contributed by atoms with E-state index < -0.39 is 17.8 Å². The molecule has 25 heavy (non-hydrogen) atoms. The van der Waals surface area contributed by atoms with Crippen LogP contribution < -0.4 is 0 Å². The van der Waals surface area contributed by atoms with Crippen molar-refractivity contribution in [3.05, 3.63) is 47.5 Å². The first-order chi connectivity index (χ1) is 11.9. The van der Waals surface area contributed by atoms with Crippen molar-refractivity contribution in [1.82, 2.24) is 20.1 Å². The smallest absolute Gasteiger partial charge is 0.372 e. The summed E-state index contributed by atoms with van der Waals surface area (Å²) in [4.78, 5) is 17.9. The topological polar surface area (TPSA) is 71.1 Å². The lowest BCUT2D eigenvalue weighted by Gasteiger charge is -2.32. The van der Waals surface area contributed by atoms with E-state index in [0.717, 1.165) is 24.5 Å². The van der Waals surface area contributed by atoms with Gasteiger partial charge >= 0.3 is 6.18 Å². The molecule has 0 aromatic carbocycles. The second-order valence-corrected chi connectivity index (χ2v) is 5.85. The maximum absolute atomic E-state index is 12.6. The van der Waals surface area contributed by atoms with Gasteiger partial charge in [0.25, 0.3) is 5.91 Å². The Hall–Kier alpha value is -2.42. The highest BCUT2D eigenvalue weighted by atomic mass is 19.4. The molecule has 6 nitrogen and oxygen atoms in total. The lowest BCUT2D eigenvalue weighted by atomic mass is 10.1. The molecule has 1 aliphatic rings. The fraction of sp³-hybridized carbons (Fsp3) is 0.438. The molecule has 1 amide bonds. The summed E-state index contributed by atoms with van der Waals surface area (Å²) in [6.07, 6.45) is 0.165. The minimum atomic E-state index is -4.55. The summed E-state index contributed by atoms with van der Waals surface area (Å²) in [6.45, 7) is 1.17. The number of alkyl halides is 3. The molecule has 1 atom stereocenters. The van der Waals surface area contributed by atoms with Crippen LogP contribution in [0, 0.1) is 0 Å². The second kappa shape index (κ2) is 7.22. The first-order valence-corrected chi connectivity index (χ1v) is 7.86. The Balaban J connectivity index is 1.59. The minimum Gasteiger partial charge on any atom is -0.372 e. The van der Waals surface area contributed by atoms with Crippen LogP contribution in [0.2, 0.25) is 0 Å². The van der Waals surface area contributed by atoms with E-state index in [-0.39, 0.29) is 11.8 Å². The molecule has 9 heteroatoms. The number of aromatic nitrogens is 3. The molecular formula is C16H17F3N4O2. The fourth-order valence-electron chi connectivity index (χ4n) is 2.69. The summed E-state index contributed by atoms with van der Waals surface area (Å²) in [5, 5.41) is 5.35. The third-order valence-electron chi connectivity index (χ3n) is 3.98. The molecule has 0 unspecified atom stereocenters. The van der Waals surface area contributed by atoms with Gasteiger partial charge in [0.15, 0.2) is 5.69 Å². The number of carbonyl (C=O) groups excluding carboxylic acids is 1. The number of pyridine rings is 1. The number of aromatic amines is 1. The molecule has 134 valence electrons. The predicted octanol–water partition coefficient (Wildman–Crippen LogP) is 2.64. The average Bonchev–Trinajstić information content (AvgIpc) is 3.11. The number of hydrogen-bond donors (Lipinski definition) is 1. The van der Waals surface area contributed by atoms with Crippen LogP contribution in [-0.4, -0.2) is 45.2 Å². The number of likely N-dealkylation sites (tertiary alicyclic amines) is 1. The van der Waals surface area contributed by atoms with Crippen LogP contribution in [0.4, 0.5) is 13.2 Å². The van der Waals surface area contributed by atoms with Gasteiger partial charge in [-0.3, -0.25) is 14.9 Å². The maximum Gasteiger partial charge on any atom is 0.432 e. The van der Waals surface area contributed by atoms with E-state index in [1.54, 1.807) is 12.4 Å². The highest BCUT2D eigenvalue weighted by Crippen LogP contribution is 2.28. The molecular weight excluding hydrogens is 337 g/mol. The summed E-state index contributed by atoms with van der Waals surface area (Å²) in [7, 11) is 0. The largest absolute Gasteiger partial charge is 0.432 e. The first-order valence-electron chi connectivity index (χ1n) is 7.86. The lowest BCUT2D eigenvalue weighted by Crippen LogP contribution is -2.43. The molecule has 3 heterocycles. The van der Waals surface area contributed by atoms with E-state index in [1.807, 2.05) is 17.2 Å². The third kappa shape index (κ3) is 4.36. The van der Waals surface area contributed by atoms with Gasteiger partial charge in [-0.05, 0) is 24.5 Å². The van der Waals surface area contributed by atoms with E-state index in [4.69, 9.17) is 4.74 Å². The Morgan fingerprint density at radius 2 is 2.28 bits per heavy atom. The quantitative estimate of drug-likeness (QED) is 0.916. The molecule has 1 saturated heterocycles. The fourth-order valence-corrected chi connectivity index (χ4v) is 2.69. The molecule has 1 N–H and O–H groups in total. The van der Waals surface area contributed by atoms with E-state index in [0.29, 0.717) is 19.7 Å². The molecule has 2 aromatic heterocycles. The number of amides is 1. The normalized spacial score (nSPS) is 18.4. The first kappa shape index (κ1) is 17.4. The van der Waals surface area contributed by atoms with E-state index in [2.05, 4.69) is 10.1 Å². The van der Waals surface area contributed by atoms with Crippen molar-refractivity contribution in [1.29, 1.82) is 0 Å². The summed E-state index contributed by atoms with van der Waals surface area (Å²) in [5.74, 6) is -0.526. The zero-order valence-corrected chi connectivity index (χ0v) is 13.3. The van der Waals surface area contributed by atoms with Gasteiger partial charge in [-0.25, -0.2) is 0 Å². The summed E-state index contributed by atoms with van der Waals surface area (Å²) >= 11 is 0. The van der Waals surface area contributed by atoms with Crippen LogP contribution in [0.5, 0.6) is 0 Å². The monoisotopic (exact) mass is 354 g/mol. The Bertz CT molecular complexity index is 718. The number of halogens is 3. The molecule has 0 bridgehead atoms. The van der Waals surface area contributed by atoms with Crippen LogP contribution in [0.3, 0.4) is 0 Å². The minimum absolute atomic E-state index is 0.168. The van der Waals surface area contributed by atoms with Gasteiger partial charge in [0, 0.05) is 31.5 Å². The zero-order chi connectivity index (χ0) is 17.9. The van der Waals surface area contributed by atoms with Crippen LogP contribution in [-0.2, 0) is 17.5 Å². The molecule has 0 saturated carbocycles. The zero-order valence-electron chi connectivity index (χ0n) is 13.3. The van der Waals surface area contributed by atoms with Crippen molar-refractivity contribution in [2.45, 2.75) is 31.7 Å². The van der Waals surface area contributed by atoms with Gasteiger partial charge in [0.2, 0.25) is 0 Å². The molecule has 1 aliphatic heterocycles. The molecule has 3 rings (SSSR count). The molecule has 0 spiro atoms. The summed E-state index contributed by atoms with van der Waals surface area (Å²) in [5.41, 5.74) is -0.342. The van der Waals surface area contributed by atoms with Gasteiger partial charge in [0.1, 0.15) is 5.69 Å². The SMILES string of the molecule is O=C(c1cc(C(F)(F)F)[nH]n1)N1CCC[C@@H](OCc2cccnc2)C1. The Labute approximate surface area is 142 Å². The number of carbonyl (C=O) groups is 1. The van der Waals surface area contributed by atoms with Crippen LogP contribution in [0.25, 0.3) is 0 Å². The number of ether oxygens (including phenoxy) is 1. The lowest BCUT2D eigenvalue weighted by molar-refractivity contribution is -0.141. The number of rotatable bonds is 4. The summed E-state index contributed by atoms with van der Waals surface area (Å²) in [6, 6.07) is 4.44. The maximum atomic E-state index is 12.6. The predicted molar refractivity (Wildman–Crippen MR) is 81.5 cm³/mol. The number of piperidine rings is 1. The van der Waals surface area contributed by atoms with Crippen molar-refractivity contribution in [3.63, 3.8) is 0 Å². The summed E-state index contributed by atoms with van der Waals surface area (Å²) < 4.78 is 43.6.